The lowest BCUT2D eigenvalue weighted by Gasteiger charge is -2.38. The number of fused-ring (bicyclic) bond motifs is 1. The number of likely N-dealkylation sites (N-methyl/N-ethyl adjacent to an activating group) is 1. The van der Waals surface area contributed by atoms with E-state index < -0.39 is 0 Å². The van der Waals surface area contributed by atoms with Gasteiger partial charge in [0.1, 0.15) is 11.7 Å². The van der Waals surface area contributed by atoms with E-state index in [1.54, 1.807) is 6.07 Å². The Bertz CT molecular complexity index is 890. The van der Waals surface area contributed by atoms with Gasteiger partial charge in [-0.15, -0.1) is 0 Å². The molecule has 9 heteroatoms. The van der Waals surface area contributed by atoms with E-state index in [4.69, 9.17) is 16.6 Å². The fourth-order valence-electron chi connectivity index (χ4n) is 4.17. The highest BCUT2D eigenvalue weighted by Gasteiger charge is 2.36. The van der Waals surface area contributed by atoms with E-state index in [0.29, 0.717) is 28.7 Å². The Hall–Kier alpha value is -2.35. The number of nitrogens with zero attached hydrogens (tertiary/aromatic N) is 5. The maximum atomic E-state index is 12.4. The van der Waals surface area contributed by atoms with Crippen molar-refractivity contribution in [2.45, 2.75) is 52.2 Å². The molecule has 8 nitrogen and oxygen atoms in total. The summed E-state index contributed by atoms with van der Waals surface area (Å²) in [6, 6.07) is 1.92. The number of nitrogens with one attached hydrogen (secondary N) is 2. The molecule has 1 aliphatic carbocycles. The molecule has 0 bridgehead atoms. The number of hydrogen-bond acceptors (Lipinski definition) is 6. The number of anilines is 3. The third-order valence-corrected chi connectivity index (χ3v) is 5.79. The summed E-state index contributed by atoms with van der Waals surface area (Å²) in [6.45, 7) is 6.86. The van der Waals surface area contributed by atoms with Crippen molar-refractivity contribution >= 4 is 35.0 Å². The van der Waals surface area contributed by atoms with Crippen molar-refractivity contribution in [3.8, 4) is 0 Å². The van der Waals surface area contributed by atoms with Gasteiger partial charge in [0.15, 0.2) is 11.0 Å². The molecule has 1 aliphatic heterocycles. The van der Waals surface area contributed by atoms with Crippen LogP contribution in [0.5, 0.6) is 0 Å². The van der Waals surface area contributed by atoms with E-state index >= 15 is 0 Å². The van der Waals surface area contributed by atoms with Gasteiger partial charge in [0, 0.05) is 25.8 Å². The maximum absolute atomic E-state index is 12.4. The zero-order valence-corrected chi connectivity index (χ0v) is 17.4. The Morgan fingerprint density at radius 1 is 1.36 bits per heavy atom. The second-order valence-corrected chi connectivity index (χ2v) is 8.55. The van der Waals surface area contributed by atoms with Crippen LogP contribution in [0.1, 0.15) is 32.4 Å². The molecule has 3 heterocycles. The van der Waals surface area contributed by atoms with E-state index in [1.807, 2.05) is 43.6 Å². The van der Waals surface area contributed by atoms with E-state index in [2.05, 4.69) is 20.7 Å². The lowest BCUT2D eigenvalue weighted by molar-refractivity contribution is -0.118. The van der Waals surface area contributed by atoms with Crippen LogP contribution in [0, 0.1) is 18.8 Å². The van der Waals surface area contributed by atoms with E-state index in [0.717, 1.165) is 30.9 Å². The van der Waals surface area contributed by atoms with Crippen LogP contribution >= 0.6 is 11.6 Å². The number of aromatic nitrogens is 4. The molecular weight excluding hydrogens is 378 g/mol. The van der Waals surface area contributed by atoms with Crippen molar-refractivity contribution in [2.75, 3.05) is 22.6 Å². The molecule has 2 aromatic rings. The van der Waals surface area contributed by atoms with Gasteiger partial charge in [-0.1, -0.05) is 25.4 Å². The van der Waals surface area contributed by atoms with E-state index in [9.17, 15) is 4.79 Å². The SMILES string of the molecule is Cc1nc(NC2CC(Cn3ccc(Cl)n3)C2)nc2c1NC(=O)[C@H](C(C)C)N2C. The Morgan fingerprint density at radius 3 is 2.75 bits per heavy atom. The van der Waals surface area contributed by atoms with Gasteiger partial charge in [-0.2, -0.15) is 10.1 Å². The second kappa shape index (κ2) is 7.24. The lowest BCUT2D eigenvalue weighted by Crippen LogP contribution is -2.50. The van der Waals surface area contributed by atoms with Crippen LogP contribution in [0.3, 0.4) is 0 Å². The predicted octanol–water partition coefficient (Wildman–Crippen LogP) is 2.94. The van der Waals surface area contributed by atoms with E-state index in [1.165, 1.54) is 0 Å². The van der Waals surface area contributed by atoms with Gasteiger partial charge < -0.3 is 15.5 Å². The first-order valence-corrected chi connectivity index (χ1v) is 10.1. The Morgan fingerprint density at radius 2 is 2.11 bits per heavy atom. The van der Waals surface area contributed by atoms with Crippen LogP contribution in [-0.2, 0) is 11.3 Å². The number of aryl methyl sites for hydroxylation is 1. The fourth-order valence-corrected chi connectivity index (χ4v) is 4.32. The number of hydrogen-bond donors (Lipinski definition) is 2. The molecule has 1 amide bonds. The summed E-state index contributed by atoms with van der Waals surface area (Å²) in [5.41, 5.74) is 1.48. The van der Waals surface area contributed by atoms with E-state index in [-0.39, 0.29) is 17.9 Å². The van der Waals surface area contributed by atoms with Crippen molar-refractivity contribution in [1.29, 1.82) is 0 Å². The summed E-state index contributed by atoms with van der Waals surface area (Å²) in [7, 11) is 1.92. The van der Waals surface area contributed by atoms with Crippen LogP contribution in [-0.4, -0.2) is 44.8 Å². The van der Waals surface area contributed by atoms with Crippen LogP contribution in [0.2, 0.25) is 5.15 Å². The number of rotatable bonds is 5. The zero-order valence-electron chi connectivity index (χ0n) is 16.6. The fraction of sp³-hybridized carbons (Fsp3) is 0.579. The average Bonchev–Trinajstić information content (AvgIpc) is 2.99. The van der Waals surface area contributed by atoms with Gasteiger partial charge in [-0.3, -0.25) is 9.48 Å². The first-order chi connectivity index (χ1) is 13.3. The molecule has 1 atom stereocenters. The van der Waals surface area contributed by atoms with Crippen LogP contribution < -0.4 is 15.5 Å². The van der Waals surface area contributed by atoms with Gasteiger partial charge in [0.05, 0.1) is 5.69 Å². The molecule has 0 radical (unpaired) electrons. The molecule has 1 saturated carbocycles. The average molecular weight is 404 g/mol. The molecule has 2 aliphatic rings. The van der Waals surface area contributed by atoms with Gasteiger partial charge >= 0.3 is 0 Å². The van der Waals surface area contributed by atoms with Gasteiger partial charge in [0.25, 0.3) is 0 Å². The first kappa shape index (κ1) is 19.0. The normalized spacial score (nSPS) is 24.0. The summed E-state index contributed by atoms with van der Waals surface area (Å²) in [6.07, 6.45) is 3.99. The Balaban J connectivity index is 1.43. The molecule has 0 spiro atoms. The van der Waals surface area contributed by atoms with Crippen molar-refractivity contribution in [2.24, 2.45) is 11.8 Å². The molecule has 28 heavy (non-hydrogen) atoms. The number of carbonyl (C=O) groups excluding carboxylic acids is 1. The Kier molecular flexibility index (Phi) is 4.91. The standard InChI is InChI=1S/C19H26ClN7O/c1-10(2)16-18(28)23-15-11(3)21-19(24-17(15)26(16)4)22-13-7-12(8-13)9-27-6-5-14(20)25-27/h5-6,10,12-13,16H,7-9H2,1-4H3,(H,23,28)(H,21,22,24)/t12?,13?,16-/m0/s1. The highest BCUT2D eigenvalue weighted by Crippen LogP contribution is 2.36. The first-order valence-electron chi connectivity index (χ1n) is 9.69. The largest absolute Gasteiger partial charge is 0.351 e. The van der Waals surface area contributed by atoms with Crippen molar-refractivity contribution < 1.29 is 4.79 Å². The van der Waals surface area contributed by atoms with Gasteiger partial charge in [0.2, 0.25) is 11.9 Å². The summed E-state index contributed by atoms with van der Waals surface area (Å²) < 4.78 is 1.90. The van der Waals surface area contributed by atoms with Crippen LogP contribution in [0.25, 0.3) is 0 Å². The predicted molar refractivity (Wildman–Crippen MR) is 110 cm³/mol. The Labute approximate surface area is 169 Å². The van der Waals surface area contributed by atoms with Crippen molar-refractivity contribution in [1.82, 2.24) is 19.7 Å². The molecule has 0 unspecified atom stereocenters. The second-order valence-electron chi connectivity index (χ2n) is 8.16. The minimum atomic E-state index is -0.233. The lowest BCUT2D eigenvalue weighted by atomic mass is 9.80. The monoisotopic (exact) mass is 403 g/mol. The summed E-state index contributed by atoms with van der Waals surface area (Å²) in [5.74, 6) is 2.15. The molecule has 0 saturated heterocycles. The minimum Gasteiger partial charge on any atom is -0.351 e. The smallest absolute Gasteiger partial charge is 0.247 e. The third kappa shape index (κ3) is 3.53. The van der Waals surface area contributed by atoms with Gasteiger partial charge in [-0.05, 0) is 37.7 Å². The molecule has 2 aromatic heterocycles. The van der Waals surface area contributed by atoms with Crippen LogP contribution in [0.15, 0.2) is 12.3 Å². The topological polar surface area (TPSA) is 88.0 Å². The van der Waals surface area contributed by atoms with Crippen molar-refractivity contribution in [3.63, 3.8) is 0 Å². The molecule has 1 fully saturated rings. The maximum Gasteiger partial charge on any atom is 0.247 e. The number of carbonyl (C=O) groups is 1. The number of amides is 1. The third-order valence-electron chi connectivity index (χ3n) is 5.59. The molecule has 0 aromatic carbocycles. The molecule has 150 valence electrons. The van der Waals surface area contributed by atoms with Crippen molar-refractivity contribution in [3.05, 3.63) is 23.1 Å². The zero-order chi connectivity index (χ0) is 20.0. The van der Waals surface area contributed by atoms with Crippen LogP contribution in [0.4, 0.5) is 17.5 Å². The molecule has 4 rings (SSSR count). The molecular formula is C19H26ClN7O. The number of halogens is 1. The summed E-state index contributed by atoms with van der Waals surface area (Å²) in [4.78, 5) is 23.7. The quantitative estimate of drug-likeness (QED) is 0.798. The highest BCUT2D eigenvalue weighted by molar-refractivity contribution is 6.29. The minimum absolute atomic E-state index is 0.00188. The highest BCUT2D eigenvalue weighted by atomic mass is 35.5. The summed E-state index contributed by atoms with van der Waals surface area (Å²) >= 11 is 5.87. The molecule has 2 N–H and O–H groups in total. The van der Waals surface area contributed by atoms with Gasteiger partial charge in [-0.25, -0.2) is 4.98 Å². The summed E-state index contributed by atoms with van der Waals surface area (Å²) in [5, 5.41) is 11.2.